The second-order valence-electron chi connectivity index (χ2n) is 16.2. The fourth-order valence-electron chi connectivity index (χ4n) is 6.00. The molecule has 0 aliphatic carbocycles. The van der Waals surface area contributed by atoms with Crippen LogP contribution in [0.2, 0.25) is 0 Å². The number of alkyl carbamates (subject to hydrolysis) is 1. The second-order valence-corrected chi connectivity index (χ2v) is 18.3. The molecule has 1 aliphatic rings. The average molecular weight is 889 g/mol. The lowest BCUT2D eigenvalue weighted by atomic mass is 10.0. The molecule has 0 saturated heterocycles. The van der Waals surface area contributed by atoms with Crippen LogP contribution in [0, 0.1) is 5.92 Å². The van der Waals surface area contributed by atoms with Gasteiger partial charge in [0.15, 0.2) is 17.6 Å². The van der Waals surface area contributed by atoms with Crippen LogP contribution in [0.25, 0.3) is 10.2 Å². The molecule has 2 heterocycles. The van der Waals surface area contributed by atoms with Gasteiger partial charge in [0, 0.05) is 50.1 Å². The van der Waals surface area contributed by atoms with E-state index in [4.69, 9.17) is 4.74 Å². The highest BCUT2D eigenvalue weighted by molar-refractivity contribution is 8.15. The van der Waals surface area contributed by atoms with E-state index in [-0.39, 0.29) is 43.9 Å². The third kappa shape index (κ3) is 18.7. The molecule has 18 nitrogen and oxygen atoms in total. The lowest BCUT2D eigenvalue weighted by molar-refractivity contribution is -0.137. The summed E-state index contributed by atoms with van der Waals surface area (Å²) >= 11 is 2.63. The van der Waals surface area contributed by atoms with Gasteiger partial charge in [-0.3, -0.25) is 33.8 Å². The molecule has 0 spiro atoms. The van der Waals surface area contributed by atoms with Crippen molar-refractivity contribution in [2.45, 2.75) is 116 Å². The molecule has 0 bridgehead atoms. The molecular formula is C41H60N8O10S2. The van der Waals surface area contributed by atoms with E-state index in [2.05, 4.69) is 36.6 Å². The number of ether oxygens (including phenoxy) is 1. The number of anilines is 1. The molecule has 336 valence electrons. The summed E-state index contributed by atoms with van der Waals surface area (Å²) in [4.78, 5) is 111. The largest absolute Gasteiger partial charge is 0.480 e. The van der Waals surface area contributed by atoms with E-state index in [1.807, 2.05) is 19.0 Å². The van der Waals surface area contributed by atoms with Gasteiger partial charge < -0.3 is 41.3 Å². The first kappa shape index (κ1) is 50.4. The van der Waals surface area contributed by atoms with Crippen LogP contribution in [0.15, 0.2) is 23.2 Å². The number of nitrogens with zero attached hydrogens (tertiary/aromatic N) is 3. The number of ketones is 2. The van der Waals surface area contributed by atoms with Gasteiger partial charge in [-0.1, -0.05) is 6.92 Å². The fraction of sp³-hybridized carbons (Fsp3) is 0.610. The first-order chi connectivity index (χ1) is 28.7. The molecule has 0 radical (unpaired) electrons. The number of rotatable bonds is 25. The molecule has 1 aromatic heterocycles. The quantitative estimate of drug-likeness (QED) is 0.0780. The number of Topliss-reactive ketones (excluding diaryl/α,β-unsaturated/α-hetero) is 2. The molecule has 61 heavy (non-hydrogen) atoms. The number of carboxylic acid groups (broad SMARTS) is 1. The molecule has 1 aliphatic heterocycles. The summed E-state index contributed by atoms with van der Waals surface area (Å²) in [5.74, 6) is -4.04. The maximum Gasteiger partial charge on any atom is 0.408 e. The number of aromatic nitrogens is 1. The molecular weight excluding hydrogens is 829 g/mol. The Morgan fingerprint density at radius 1 is 0.934 bits per heavy atom. The van der Waals surface area contributed by atoms with Crippen molar-refractivity contribution in [1.29, 1.82) is 0 Å². The lowest BCUT2D eigenvalue weighted by Crippen LogP contribution is -2.46. The predicted octanol–water partition coefficient (Wildman–Crippen LogP) is 3.66. The Hall–Kier alpha value is -4.95. The molecule has 4 atom stereocenters. The van der Waals surface area contributed by atoms with Crippen molar-refractivity contribution in [2.75, 3.05) is 44.8 Å². The number of hydrogen-bond donors (Lipinski definition) is 6. The minimum Gasteiger partial charge on any atom is -0.480 e. The SMILES string of the molecule is CC(=O)NCCCCC(NC(=O)[C@H](C)CC(=O)CNC(=O)CCC(=O)[C@H](CCCCN(C)C)NC(=O)OC(C)(C)C)C(=O)Nc1ccc2nc(C3=NC(C(=O)O)CS3)sc2c1. The number of aliphatic imine (C=N–C) groups is 1. The third-order valence-corrected chi connectivity index (χ3v) is 11.4. The molecule has 1 aromatic carbocycles. The molecule has 0 fully saturated rings. The highest BCUT2D eigenvalue weighted by Crippen LogP contribution is 2.31. The van der Waals surface area contributed by atoms with Gasteiger partial charge in [-0.05, 0) is 98.1 Å². The molecule has 3 rings (SSSR count). The topological polar surface area (TPSA) is 255 Å². The summed E-state index contributed by atoms with van der Waals surface area (Å²) in [7, 11) is 3.88. The van der Waals surface area contributed by atoms with Crippen molar-refractivity contribution in [2.24, 2.45) is 10.9 Å². The Bertz CT molecular complexity index is 1930. The molecule has 2 aromatic rings. The zero-order valence-electron chi connectivity index (χ0n) is 36.0. The van der Waals surface area contributed by atoms with Gasteiger partial charge in [-0.25, -0.2) is 14.6 Å². The minimum atomic E-state index is -0.999. The van der Waals surface area contributed by atoms with E-state index < -0.39 is 65.2 Å². The molecule has 20 heteroatoms. The van der Waals surface area contributed by atoms with Crippen molar-refractivity contribution in [1.82, 2.24) is 31.2 Å². The van der Waals surface area contributed by atoms with E-state index in [0.29, 0.717) is 59.2 Å². The summed E-state index contributed by atoms with van der Waals surface area (Å²) in [5, 5.41) is 23.9. The fourth-order valence-corrected chi connectivity index (χ4v) is 8.11. The van der Waals surface area contributed by atoms with E-state index in [1.165, 1.54) is 36.9 Å². The molecule has 5 amide bonds. The zero-order valence-corrected chi connectivity index (χ0v) is 37.6. The summed E-state index contributed by atoms with van der Waals surface area (Å²) in [6, 6.07) is 2.48. The number of nitrogens with one attached hydrogen (secondary N) is 5. The maximum absolute atomic E-state index is 13.6. The number of carbonyl (C=O) groups excluding carboxylic acids is 7. The number of fused-ring (bicyclic) bond motifs is 1. The monoisotopic (exact) mass is 888 g/mol. The van der Waals surface area contributed by atoms with Crippen LogP contribution in [-0.4, -0.2) is 131 Å². The number of aliphatic carboxylic acids is 1. The van der Waals surface area contributed by atoms with Gasteiger partial charge in [-0.15, -0.1) is 23.1 Å². The second kappa shape index (κ2) is 24.5. The van der Waals surface area contributed by atoms with Crippen LogP contribution < -0.4 is 26.6 Å². The molecule has 2 unspecified atom stereocenters. The van der Waals surface area contributed by atoms with Crippen molar-refractivity contribution >= 4 is 91.3 Å². The third-order valence-electron chi connectivity index (χ3n) is 9.19. The molecule has 6 N–H and O–H groups in total. The number of hydrogen-bond acceptors (Lipinski definition) is 14. The summed E-state index contributed by atoms with van der Waals surface area (Å²) in [5.41, 5.74) is 0.340. The van der Waals surface area contributed by atoms with Crippen LogP contribution in [-0.2, 0) is 38.3 Å². The van der Waals surface area contributed by atoms with Gasteiger partial charge in [0.1, 0.15) is 21.7 Å². The number of carboxylic acids is 1. The van der Waals surface area contributed by atoms with Crippen LogP contribution >= 0.6 is 23.1 Å². The van der Waals surface area contributed by atoms with Gasteiger partial charge in [0.2, 0.25) is 23.6 Å². The summed E-state index contributed by atoms with van der Waals surface area (Å²) in [6.45, 7) is 8.93. The Morgan fingerprint density at radius 3 is 2.30 bits per heavy atom. The number of benzene rings is 1. The average Bonchev–Trinajstić information content (AvgIpc) is 3.84. The highest BCUT2D eigenvalue weighted by atomic mass is 32.2. The Labute approximate surface area is 364 Å². The summed E-state index contributed by atoms with van der Waals surface area (Å²) < 4.78 is 6.06. The smallest absolute Gasteiger partial charge is 0.408 e. The number of unbranched alkanes of at least 4 members (excludes halogenated alkanes) is 2. The predicted molar refractivity (Wildman–Crippen MR) is 235 cm³/mol. The number of amides is 5. The van der Waals surface area contributed by atoms with E-state index >= 15 is 0 Å². The van der Waals surface area contributed by atoms with Crippen molar-refractivity contribution < 1.29 is 48.2 Å². The first-order valence-corrected chi connectivity index (χ1v) is 22.2. The van der Waals surface area contributed by atoms with Crippen LogP contribution in [0.5, 0.6) is 0 Å². The lowest BCUT2D eigenvalue weighted by Gasteiger charge is -2.23. The Morgan fingerprint density at radius 2 is 1.64 bits per heavy atom. The van der Waals surface area contributed by atoms with Crippen molar-refractivity contribution in [3.8, 4) is 0 Å². The summed E-state index contributed by atoms with van der Waals surface area (Å²) in [6.07, 6.45) is 1.82. The normalized spacial score (nSPS) is 15.3. The number of thioether (sulfide) groups is 1. The van der Waals surface area contributed by atoms with Crippen LogP contribution in [0.4, 0.5) is 10.5 Å². The Kier molecular flexibility index (Phi) is 20.2. The van der Waals surface area contributed by atoms with Crippen molar-refractivity contribution in [3.63, 3.8) is 0 Å². The number of thiazole rings is 1. The van der Waals surface area contributed by atoms with Gasteiger partial charge >= 0.3 is 12.1 Å². The zero-order chi connectivity index (χ0) is 45.3. The van der Waals surface area contributed by atoms with Gasteiger partial charge in [0.05, 0.1) is 22.8 Å². The standard InChI is InChI=1S/C41H60N8O10S2/c1-24(20-27(51)22-43-34(53)17-16-32(52)28(12-9-11-19-49(6)7)48-40(58)59-41(3,4)5)35(54)45-30(13-8-10-18-42-25(2)50)36(55)44-26-14-15-29-33(21-26)61-38(46-29)37-47-31(23-60-37)39(56)57/h14-15,21,24,28,30-31H,8-13,16-20,22-23H2,1-7H3,(H,42,50)(H,43,53)(H,44,55)(H,45,54)(H,48,58)(H,56,57)/t24-,28+,30?,31?/m1/s1. The highest BCUT2D eigenvalue weighted by Gasteiger charge is 2.29. The maximum atomic E-state index is 13.6. The van der Waals surface area contributed by atoms with Gasteiger partial charge in [-0.2, -0.15) is 0 Å². The minimum absolute atomic E-state index is 0.162. The van der Waals surface area contributed by atoms with Crippen LogP contribution in [0.3, 0.4) is 0 Å². The first-order valence-electron chi connectivity index (χ1n) is 20.4. The van der Waals surface area contributed by atoms with Crippen molar-refractivity contribution in [3.05, 3.63) is 23.2 Å². The molecule has 0 saturated carbocycles. The number of carbonyl (C=O) groups is 8. The Balaban J connectivity index is 1.55. The van der Waals surface area contributed by atoms with E-state index in [0.717, 1.165) is 17.7 Å². The van der Waals surface area contributed by atoms with E-state index in [1.54, 1.807) is 39.0 Å². The van der Waals surface area contributed by atoms with E-state index in [9.17, 15) is 43.5 Å². The van der Waals surface area contributed by atoms with Crippen LogP contribution in [0.1, 0.15) is 97.4 Å². The van der Waals surface area contributed by atoms with Gasteiger partial charge in [0.25, 0.3) is 0 Å².